The number of Topliss-reactive ketones (excluding diaryl/α,β-unsaturated/α-hetero) is 1. The summed E-state index contributed by atoms with van der Waals surface area (Å²) in [6, 6.07) is 0. The number of ether oxygens (including phenoxy) is 3. The summed E-state index contributed by atoms with van der Waals surface area (Å²) in [7, 11) is -2.50. The Hall–Kier alpha value is -1.43. The zero-order chi connectivity index (χ0) is 37.5. The van der Waals surface area contributed by atoms with Gasteiger partial charge in [-0.05, 0) is 75.7 Å². The van der Waals surface area contributed by atoms with Gasteiger partial charge < -0.3 is 18.6 Å². The van der Waals surface area contributed by atoms with Crippen LogP contribution in [0, 0.1) is 24.2 Å². The van der Waals surface area contributed by atoms with Crippen LogP contribution in [0.4, 0.5) is 4.79 Å². The fraction of sp³-hybridized carbons (Fsp3) is 0.722. The van der Waals surface area contributed by atoms with Gasteiger partial charge in [0, 0.05) is 17.2 Å². The summed E-state index contributed by atoms with van der Waals surface area (Å²) in [6.07, 6.45) is 3.49. The number of aromatic nitrogens is 1. The van der Waals surface area contributed by atoms with Crippen molar-refractivity contribution in [3.63, 3.8) is 0 Å². The van der Waals surface area contributed by atoms with Crippen LogP contribution in [0.25, 0.3) is 6.08 Å². The summed E-state index contributed by atoms with van der Waals surface area (Å²) in [4.78, 5) is 45.8. The molecule has 0 amide bonds. The first-order valence-electron chi connectivity index (χ1n) is 16.9. The van der Waals surface area contributed by atoms with Crippen LogP contribution < -0.4 is 0 Å². The summed E-state index contributed by atoms with van der Waals surface area (Å²) >= 11 is 18.9. The van der Waals surface area contributed by atoms with Crippen molar-refractivity contribution in [1.82, 2.24) is 4.98 Å². The first-order valence-corrected chi connectivity index (χ1v) is 21.8. The van der Waals surface area contributed by atoms with E-state index >= 15 is 0 Å². The molecule has 5 atom stereocenters. The number of esters is 1. The molecule has 278 valence electrons. The number of hydrogen-bond donors (Lipinski definition) is 0. The van der Waals surface area contributed by atoms with Gasteiger partial charge >= 0.3 is 12.1 Å². The maximum atomic E-state index is 14.6. The van der Waals surface area contributed by atoms with Crippen LogP contribution in [-0.4, -0.2) is 59.9 Å². The summed E-state index contributed by atoms with van der Waals surface area (Å²) < 4.78 is 22.2. The molecular weight excluding hydrogens is 725 g/mol. The number of alkyl halides is 3. The Morgan fingerprint density at radius 2 is 1.80 bits per heavy atom. The number of nitrogens with zero attached hydrogens (tertiary/aromatic N) is 1. The number of thiazole rings is 1. The highest BCUT2D eigenvalue weighted by Crippen LogP contribution is 2.42. The van der Waals surface area contributed by atoms with E-state index in [0.29, 0.717) is 12.8 Å². The van der Waals surface area contributed by atoms with E-state index in [0.717, 1.165) is 34.7 Å². The molecule has 1 aliphatic heterocycles. The number of aryl methyl sites for hydroxylation is 1. The molecule has 0 radical (unpaired) electrons. The van der Waals surface area contributed by atoms with Crippen molar-refractivity contribution in [2.45, 2.75) is 142 Å². The molecule has 1 aromatic heterocycles. The van der Waals surface area contributed by atoms with E-state index in [9.17, 15) is 14.4 Å². The van der Waals surface area contributed by atoms with E-state index in [1.54, 1.807) is 32.1 Å². The lowest BCUT2D eigenvalue weighted by atomic mass is 9.73. The molecule has 2 heterocycles. The van der Waals surface area contributed by atoms with Gasteiger partial charge in [0.15, 0.2) is 8.32 Å². The largest absolute Gasteiger partial charge is 0.508 e. The van der Waals surface area contributed by atoms with Crippen LogP contribution in [0.1, 0.15) is 105 Å². The quantitative estimate of drug-likeness (QED) is 0.122. The SMILES string of the molecule is C/C1=C/C[C@@H](/C(C)=C/c2csc(C)n2)OC(=O)C[C@H](O[Si](C)(C)C(C)(C)C)C(C)(C)C(=O)[C@@H](C)[C@H](OC(=O)OCC(Cl)(Cl)Cl)[C@@H](C)CCC1. The van der Waals surface area contributed by atoms with Crippen molar-refractivity contribution in [1.29, 1.82) is 0 Å². The van der Waals surface area contributed by atoms with Crippen molar-refractivity contribution in [3.8, 4) is 0 Å². The second-order valence-electron chi connectivity index (χ2n) is 15.5. The molecule has 0 saturated heterocycles. The Morgan fingerprint density at radius 3 is 2.35 bits per heavy atom. The zero-order valence-electron chi connectivity index (χ0n) is 31.2. The van der Waals surface area contributed by atoms with E-state index in [-0.39, 0.29) is 23.2 Å². The van der Waals surface area contributed by atoms with E-state index in [1.165, 1.54) is 0 Å². The number of cyclic esters (lactones) is 1. The fourth-order valence-corrected chi connectivity index (χ4v) is 7.78. The van der Waals surface area contributed by atoms with Gasteiger partial charge in [-0.3, -0.25) is 9.59 Å². The number of hydrogen-bond acceptors (Lipinski definition) is 9. The van der Waals surface area contributed by atoms with E-state index in [1.807, 2.05) is 32.2 Å². The molecule has 0 fully saturated rings. The number of halogens is 3. The molecular formula is C36H56Cl3NO7SSi. The van der Waals surface area contributed by atoms with Gasteiger partial charge in [0.1, 0.15) is 24.6 Å². The number of carbonyl (C=O) groups is 3. The van der Waals surface area contributed by atoms with Crippen molar-refractivity contribution in [2.24, 2.45) is 17.3 Å². The van der Waals surface area contributed by atoms with Gasteiger partial charge in [-0.25, -0.2) is 9.78 Å². The first kappa shape index (κ1) is 43.7. The molecule has 49 heavy (non-hydrogen) atoms. The summed E-state index contributed by atoms with van der Waals surface area (Å²) in [5, 5.41) is 2.74. The number of ketones is 1. The third-order valence-corrected chi connectivity index (χ3v) is 15.4. The third-order valence-electron chi connectivity index (χ3n) is 9.79. The van der Waals surface area contributed by atoms with Gasteiger partial charge in [-0.2, -0.15) is 0 Å². The maximum Gasteiger partial charge on any atom is 0.508 e. The highest BCUT2D eigenvalue weighted by atomic mass is 35.6. The van der Waals surface area contributed by atoms with Crippen LogP contribution in [0.2, 0.25) is 18.1 Å². The minimum absolute atomic E-state index is 0.132. The van der Waals surface area contributed by atoms with Crippen LogP contribution in [0.3, 0.4) is 0 Å². The molecule has 0 bridgehead atoms. The standard InChI is InChI=1S/C36H56Cl3NO7SSi/c1-22-14-13-15-23(2)31(46-33(43)44-21-36(37,38)39)25(4)32(42)35(9,10)29(47-49(11,12)34(6,7)8)19-30(41)45-28(17-16-22)24(3)18-27-20-48-26(5)40-27/h16,18,20,23,25,28-29,31H,13-15,17,19,21H2,1-12H3/b22-16-,24-18+/t23-,25-,28-,29-,31+/m0/s1. The Morgan fingerprint density at radius 1 is 1.16 bits per heavy atom. The lowest BCUT2D eigenvalue weighted by molar-refractivity contribution is -0.153. The van der Waals surface area contributed by atoms with Crippen LogP contribution >= 0.6 is 46.1 Å². The van der Waals surface area contributed by atoms with Gasteiger partial charge in [0.05, 0.1) is 29.1 Å². The Kier molecular flexibility index (Phi) is 15.9. The van der Waals surface area contributed by atoms with E-state index in [4.69, 9.17) is 53.4 Å². The molecule has 2 rings (SSSR count). The van der Waals surface area contributed by atoms with E-state index in [2.05, 4.69) is 51.8 Å². The second kappa shape index (κ2) is 17.9. The molecule has 8 nitrogen and oxygen atoms in total. The molecule has 0 aromatic carbocycles. The van der Waals surface area contributed by atoms with E-state index < -0.39 is 60.5 Å². The number of allylic oxidation sites excluding steroid dienone is 1. The Labute approximate surface area is 313 Å². The number of carbonyl (C=O) groups excluding carboxylic acids is 3. The lowest BCUT2D eigenvalue weighted by Crippen LogP contribution is -2.53. The predicted molar refractivity (Wildman–Crippen MR) is 203 cm³/mol. The third kappa shape index (κ3) is 13.6. The van der Waals surface area contributed by atoms with Crippen LogP contribution in [-0.2, 0) is 28.2 Å². The molecule has 0 saturated carbocycles. The first-order chi connectivity index (χ1) is 22.3. The second-order valence-corrected chi connectivity index (χ2v) is 23.8. The Balaban J connectivity index is 2.59. The molecule has 0 N–H and O–H groups in total. The normalized spacial score (nSPS) is 26.8. The monoisotopic (exact) mass is 779 g/mol. The Bertz CT molecular complexity index is 1360. The molecule has 0 unspecified atom stereocenters. The van der Waals surface area contributed by atoms with Gasteiger partial charge in [0.2, 0.25) is 3.79 Å². The van der Waals surface area contributed by atoms with Crippen molar-refractivity contribution in [3.05, 3.63) is 33.3 Å². The fourth-order valence-electron chi connectivity index (χ4n) is 5.60. The highest BCUT2D eigenvalue weighted by Gasteiger charge is 2.49. The van der Waals surface area contributed by atoms with Crippen molar-refractivity contribution >= 4 is 78.4 Å². The minimum atomic E-state index is -2.50. The summed E-state index contributed by atoms with van der Waals surface area (Å²) in [6.45, 7) is 23.3. The van der Waals surface area contributed by atoms with Gasteiger partial charge in [-0.15, -0.1) is 11.3 Å². The average Bonchev–Trinajstić information content (AvgIpc) is 3.38. The average molecular weight is 781 g/mol. The van der Waals surface area contributed by atoms with Crippen molar-refractivity contribution in [2.75, 3.05) is 6.61 Å². The molecule has 0 spiro atoms. The molecule has 0 aliphatic carbocycles. The van der Waals surface area contributed by atoms with Crippen LogP contribution in [0.5, 0.6) is 0 Å². The molecule has 1 aliphatic rings. The van der Waals surface area contributed by atoms with Gasteiger partial charge in [-0.1, -0.05) is 94.9 Å². The topological polar surface area (TPSA) is 101 Å². The summed E-state index contributed by atoms with van der Waals surface area (Å²) in [5.41, 5.74) is 1.68. The van der Waals surface area contributed by atoms with Gasteiger partial charge in [0.25, 0.3) is 0 Å². The smallest absolute Gasteiger partial charge is 0.457 e. The number of rotatable bonds is 6. The van der Waals surface area contributed by atoms with Crippen LogP contribution in [0.15, 0.2) is 22.6 Å². The molecule has 1 aromatic rings. The summed E-state index contributed by atoms with van der Waals surface area (Å²) in [5.74, 6) is -1.64. The van der Waals surface area contributed by atoms with Crippen molar-refractivity contribution < 1.29 is 33.0 Å². The zero-order valence-corrected chi connectivity index (χ0v) is 35.3. The predicted octanol–water partition coefficient (Wildman–Crippen LogP) is 10.8. The minimum Gasteiger partial charge on any atom is -0.457 e. The lowest BCUT2D eigenvalue weighted by Gasteiger charge is -2.44. The maximum absolute atomic E-state index is 14.6. The highest BCUT2D eigenvalue weighted by molar-refractivity contribution is 7.09. The molecule has 13 heteroatoms.